The maximum atomic E-state index is 13.7. The maximum Gasteiger partial charge on any atom is 0.230 e. The Morgan fingerprint density at radius 1 is 1.07 bits per heavy atom. The van der Waals surface area contributed by atoms with E-state index in [4.69, 9.17) is 0 Å². The molecule has 1 saturated heterocycles. The highest BCUT2D eigenvalue weighted by atomic mass is 19.1. The minimum absolute atomic E-state index is 0.0515. The van der Waals surface area contributed by atoms with Crippen molar-refractivity contribution in [3.05, 3.63) is 36.1 Å². The van der Waals surface area contributed by atoms with Crippen LogP contribution in [0.15, 0.2) is 30.3 Å². The lowest BCUT2D eigenvalue weighted by molar-refractivity contribution is -0.123. The third kappa shape index (κ3) is 3.14. The molecule has 0 atom stereocenters. The van der Waals surface area contributed by atoms with Crippen LogP contribution in [0, 0.1) is 11.7 Å². The average molecular weight is 396 g/mol. The van der Waals surface area contributed by atoms with Gasteiger partial charge in [-0.3, -0.25) is 4.79 Å². The molecule has 2 aromatic heterocycles. The first kappa shape index (κ1) is 17.8. The molecule has 3 aromatic rings. The lowest BCUT2D eigenvalue weighted by Crippen LogP contribution is -2.47. The fourth-order valence-electron chi connectivity index (χ4n) is 4.14. The van der Waals surface area contributed by atoms with Gasteiger partial charge in [0.2, 0.25) is 5.91 Å². The predicted octanol–water partition coefficient (Wildman–Crippen LogP) is 1.36. The maximum absolute atomic E-state index is 13.7. The second-order valence-corrected chi connectivity index (χ2v) is 7.52. The molecule has 1 aromatic carbocycles. The SMILES string of the molecule is CN1CCN(C(=O)C2CCN(c3ccc4nnnn4n3)CC2)c2ccc(F)cc21. The molecular weight excluding hydrogens is 375 g/mol. The molecule has 0 radical (unpaired) electrons. The van der Waals surface area contributed by atoms with Gasteiger partial charge in [-0.05, 0) is 53.6 Å². The van der Waals surface area contributed by atoms with Crippen LogP contribution in [-0.4, -0.2) is 64.4 Å². The molecule has 9 nitrogen and oxygen atoms in total. The van der Waals surface area contributed by atoms with Crippen molar-refractivity contribution in [3.63, 3.8) is 0 Å². The van der Waals surface area contributed by atoms with Crippen molar-refractivity contribution in [1.82, 2.24) is 25.3 Å². The molecule has 0 saturated carbocycles. The zero-order valence-electron chi connectivity index (χ0n) is 16.1. The molecule has 0 unspecified atom stereocenters. The Morgan fingerprint density at radius 2 is 1.90 bits per heavy atom. The van der Waals surface area contributed by atoms with Gasteiger partial charge < -0.3 is 14.7 Å². The van der Waals surface area contributed by atoms with Crippen LogP contribution in [0.5, 0.6) is 0 Å². The van der Waals surface area contributed by atoms with Gasteiger partial charge in [-0.1, -0.05) is 0 Å². The number of carbonyl (C=O) groups is 1. The Kier molecular flexibility index (Phi) is 4.26. The van der Waals surface area contributed by atoms with Crippen LogP contribution in [-0.2, 0) is 4.79 Å². The fourth-order valence-corrected chi connectivity index (χ4v) is 4.14. The number of aromatic nitrogens is 5. The summed E-state index contributed by atoms with van der Waals surface area (Å²) in [5.41, 5.74) is 2.16. The summed E-state index contributed by atoms with van der Waals surface area (Å²) in [7, 11) is 1.92. The Bertz CT molecular complexity index is 1060. The number of amides is 1. The number of rotatable bonds is 2. The van der Waals surface area contributed by atoms with Crippen LogP contribution in [0.2, 0.25) is 0 Å². The number of hydrogen-bond donors (Lipinski definition) is 0. The summed E-state index contributed by atoms with van der Waals surface area (Å²) < 4.78 is 15.1. The standard InChI is InChI=1S/C19H21FN8O/c1-25-10-11-27(15-3-2-14(20)12-16(15)25)19(29)13-6-8-26(9-7-13)18-5-4-17-21-23-24-28(17)22-18/h2-5,12-13H,6-11H2,1H3. The van der Waals surface area contributed by atoms with E-state index in [2.05, 4.69) is 25.5 Å². The lowest BCUT2D eigenvalue weighted by atomic mass is 9.94. The molecule has 150 valence electrons. The van der Waals surface area contributed by atoms with Gasteiger partial charge in [-0.25, -0.2) is 4.39 Å². The zero-order valence-corrected chi connectivity index (χ0v) is 16.1. The number of fused-ring (bicyclic) bond motifs is 2. The van der Waals surface area contributed by atoms with E-state index in [1.165, 1.54) is 16.8 Å². The molecule has 5 rings (SSSR count). The number of benzene rings is 1. The molecular formula is C19H21FN8O. The van der Waals surface area contributed by atoms with E-state index in [0.717, 1.165) is 43.1 Å². The minimum Gasteiger partial charge on any atom is -0.371 e. The number of piperidine rings is 1. The van der Waals surface area contributed by atoms with Gasteiger partial charge in [0, 0.05) is 39.1 Å². The Labute approximate surface area is 166 Å². The van der Waals surface area contributed by atoms with Gasteiger partial charge in [0.05, 0.1) is 11.4 Å². The Morgan fingerprint density at radius 3 is 2.72 bits per heavy atom. The predicted molar refractivity (Wildman–Crippen MR) is 106 cm³/mol. The summed E-state index contributed by atoms with van der Waals surface area (Å²) in [6, 6.07) is 8.36. The van der Waals surface area contributed by atoms with Crippen molar-refractivity contribution < 1.29 is 9.18 Å². The summed E-state index contributed by atoms with van der Waals surface area (Å²) in [5.74, 6) is 0.584. The second-order valence-electron chi connectivity index (χ2n) is 7.52. The van der Waals surface area contributed by atoms with Crippen LogP contribution in [0.3, 0.4) is 0 Å². The first-order valence-corrected chi connectivity index (χ1v) is 9.72. The number of likely N-dealkylation sites (N-methyl/N-ethyl adjacent to an activating group) is 1. The lowest BCUT2D eigenvalue weighted by Gasteiger charge is -2.39. The summed E-state index contributed by atoms with van der Waals surface area (Å²) >= 11 is 0. The fraction of sp³-hybridized carbons (Fsp3) is 0.421. The highest BCUT2D eigenvalue weighted by Crippen LogP contribution is 2.35. The van der Waals surface area contributed by atoms with Crippen LogP contribution in [0.25, 0.3) is 5.65 Å². The van der Waals surface area contributed by atoms with Crippen molar-refractivity contribution in [1.29, 1.82) is 0 Å². The quantitative estimate of drug-likeness (QED) is 0.647. The molecule has 2 aliphatic rings. The molecule has 29 heavy (non-hydrogen) atoms. The van der Waals surface area contributed by atoms with Crippen molar-refractivity contribution in [3.8, 4) is 0 Å². The highest BCUT2D eigenvalue weighted by Gasteiger charge is 2.33. The number of halogens is 1. The summed E-state index contributed by atoms with van der Waals surface area (Å²) in [6.07, 6.45) is 1.49. The molecule has 0 bridgehead atoms. The van der Waals surface area contributed by atoms with E-state index in [1.54, 1.807) is 6.07 Å². The minimum atomic E-state index is -0.287. The van der Waals surface area contributed by atoms with Crippen LogP contribution < -0.4 is 14.7 Å². The van der Waals surface area contributed by atoms with Gasteiger partial charge in [-0.2, -0.15) is 0 Å². The summed E-state index contributed by atoms with van der Waals surface area (Å²) in [5, 5.41) is 15.7. The number of nitrogens with zero attached hydrogens (tertiary/aromatic N) is 8. The molecule has 1 fully saturated rings. The number of carbonyl (C=O) groups excluding carboxylic acids is 1. The monoisotopic (exact) mass is 396 g/mol. The van der Waals surface area contributed by atoms with Gasteiger partial charge in [0.25, 0.3) is 0 Å². The molecule has 0 spiro atoms. The van der Waals surface area contributed by atoms with Gasteiger partial charge in [0.1, 0.15) is 5.82 Å². The largest absolute Gasteiger partial charge is 0.371 e. The summed E-state index contributed by atoms with van der Waals surface area (Å²) in [4.78, 5) is 19.2. The van der Waals surface area contributed by atoms with Gasteiger partial charge >= 0.3 is 0 Å². The van der Waals surface area contributed by atoms with Crippen molar-refractivity contribution in [2.24, 2.45) is 5.92 Å². The van der Waals surface area contributed by atoms with E-state index in [0.29, 0.717) is 18.7 Å². The van der Waals surface area contributed by atoms with E-state index >= 15 is 0 Å². The molecule has 2 aliphatic heterocycles. The second kappa shape index (κ2) is 6.94. The number of anilines is 3. The molecule has 0 N–H and O–H groups in total. The molecule has 10 heteroatoms. The molecule has 1 amide bonds. The van der Waals surface area contributed by atoms with E-state index in [1.807, 2.05) is 29.0 Å². The van der Waals surface area contributed by atoms with Crippen molar-refractivity contribution in [2.45, 2.75) is 12.8 Å². The normalized spacial score (nSPS) is 17.7. The Hall–Kier alpha value is -3.30. The Balaban J connectivity index is 1.30. The van der Waals surface area contributed by atoms with E-state index < -0.39 is 0 Å². The van der Waals surface area contributed by atoms with Gasteiger partial charge in [0.15, 0.2) is 11.5 Å². The average Bonchev–Trinajstić information content (AvgIpc) is 3.22. The van der Waals surface area contributed by atoms with Crippen LogP contribution in [0.4, 0.5) is 21.6 Å². The molecule has 0 aliphatic carbocycles. The van der Waals surface area contributed by atoms with E-state index in [9.17, 15) is 9.18 Å². The third-order valence-corrected chi connectivity index (χ3v) is 5.79. The highest BCUT2D eigenvalue weighted by molar-refractivity contribution is 5.99. The van der Waals surface area contributed by atoms with Crippen molar-refractivity contribution in [2.75, 3.05) is 47.9 Å². The van der Waals surface area contributed by atoms with Crippen molar-refractivity contribution >= 4 is 28.7 Å². The van der Waals surface area contributed by atoms with Crippen LogP contribution in [0.1, 0.15) is 12.8 Å². The summed E-state index contributed by atoms with van der Waals surface area (Å²) in [6.45, 7) is 2.78. The number of tetrazole rings is 1. The zero-order chi connectivity index (χ0) is 20.0. The topological polar surface area (TPSA) is 82.8 Å². The van der Waals surface area contributed by atoms with Crippen LogP contribution >= 0.6 is 0 Å². The first-order chi connectivity index (χ1) is 14.1. The first-order valence-electron chi connectivity index (χ1n) is 9.72. The number of hydrogen-bond acceptors (Lipinski definition) is 7. The third-order valence-electron chi connectivity index (χ3n) is 5.79. The molecule has 4 heterocycles. The smallest absolute Gasteiger partial charge is 0.230 e. The van der Waals surface area contributed by atoms with E-state index in [-0.39, 0.29) is 17.6 Å². The van der Waals surface area contributed by atoms with Gasteiger partial charge in [-0.15, -0.1) is 14.8 Å².